The van der Waals surface area contributed by atoms with E-state index in [1.54, 1.807) is 5.32 Å². The van der Waals surface area contributed by atoms with Crippen molar-refractivity contribution in [2.24, 2.45) is 0 Å². The molecule has 0 aliphatic rings. The molecule has 1 unspecified atom stereocenters. The molecule has 0 aliphatic carbocycles. The fourth-order valence-corrected chi connectivity index (χ4v) is 0.430. The van der Waals surface area contributed by atoms with Gasteiger partial charge in [-0.3, -0.25) is 0 Å². The van der Waals surface area contributed by atoms with E-state index >= 15 is 0 Å². The van der Waals surface area contributed by atoms with Gasteiger partial charge in [-0.15, -0.1) is 0 Å². The van der Waals surface area contributed by atoms with Crippen molar-refractivity contribution >= 4 is 6.09 Å². The molecule has 6 heteroatoms. The number of rotatable bonds is 3. The molecule has 0 heterocycles. The van der Waals surface area contributed by atoms with Gasteiger partial charge in [0.15, 0.2) is 6.29 Å². The first kappa shape index (κ1) is 10.2. The predicted molar refractivity (Wildman–Crippen MR) is 34.9 cm³/mol. The Bertz CT molecular complexity index is 148. The van der Waals surface area contributed by atoms with Crippen molar-refractivity contribution in [3.8, 4) is 0 Å². The Balaban J connectivity index is 4.22. The van der Waals surface area contributed by atoms with E-state index < -0.39 is 24.5 Å². The first-order valence-electron chi connectivity index (χ1n) is 2.90. The van der Waals surface area contributed by atoms with Gasteiger partial charge in [0.05, 0.1) is 6.61 Å². The van der Waals surface area contributed by atoms with Crippen LogP contribution in [0.25, 0.3) is 0 Å². The van der Waals surface area contributed by atoms with Crippen LogP contribution in [0.2, 0.25) is 0 Å². The highest BCUT2D eigenvalue weighted by molar-refractivity contribution is 5.65. The molecule has 0 rings (SSSR count). The quantitative estimate of drug-likeness (QED) is 0.321. The third kappa shape index (κ3) is 2.71. The molecular weight excluding hydrogens is 154 g/mol. The number of hydrogen-bond acceptors (Lipinski definition) is 4. The Morgan fingerprint density at radius 1 is 1.64 bits per heavy atom. The largest absolute Gasteiger partial charge is 0.465 e. The summed E-state index contributed by atoms with van der Waals surface area (Å²) in [6.07, 6.45) is -3.35. The van der Waals surface area contributed by atoms with E-state index in [2.05, 4.69) is 0 Å². The average Bonchev–Trinajstić information content (AvgIpc) is 1.86. The summed E-state index contributed by atoms with van der Waals surface area (Å²) in [5, 5.41) is 35.7. The van der Waals surface area contributed by atoms with E-state index in [0.717, 1.165) is 0 Å². The summed E-state index contributed by atoms with van der Waals surface area (Å²) in [6.45, 7) is 0.489. The number of carboxylic acid groups (broad SMARTS) is 1. The van der Waals surface area contributed by atoms with Gasteiger partial charge in [0.25, 0.3) is 0 Å². The summed E-state index contributed by atoms with van der Waals surface area (Å²) in [7, 11) is 0. The summed E-state index contributed by atoms with van der Waals surface area (Å²) in [5.41, 5.74) is -1.62. The summed E-state index contributed by atoms with van der Waals surface area (Å²) in [6, 6.07) is 0. The maximum absolute atomic E-state index is 10.0. The molecule has 11 heavy (non-hydrogen) atoms. The molecule has 0 bridgehead atoms. The van der Waals surface area contributed by atoms with E-state index in [1.165, 1.54) is 6.92 Å². The number of amides is 1. The van der Waals surface area contributed by atoms with Crippen LogP contribution >= 0.6 is 0 Å². The fraction of sp³-hybridized carbons (Fsp3) is 0.800. The zero-order valence-electron chi connectivity index (χ0n) is 5.98. The molecule has 0 aromatic rings. The number of nitrogens with one attached hydrogen (secondary N) is 1. The third-order valence-corrected chi connectivity index (χ3v) is 1.29. The van der Waals surface area contributed by atoms with Crippen LogP contribution in [0.3, 0.4) is 0 Å². The molecule has 0 spiro atoms. The van der Waals surface area contributed by atoms with Crippen LogP contribution in [0.4, 0.5) is 4.79 Å². The van der Waals surface area contributed by atoms with Crippen molar-refractivity contribution in [1.29, 1.82) is 0 Å². The minimum atomic E-state index is -1.93. The van der Waals surface area contributed by atoms with Gasteiger partial charge in [0.2, 0.25) is 0 Å². The highest BCUT2D eigenvalue weighted by atomic mass is 16.5. The molecule has 0 fully saturated rings. The first-order chi connectivity index (χ1) is 4.92. The Kier molecular flexibility index (Phi) is 3.24. The lowest BCUT2D eigenvalue weighted by Crippen LogP contribution is -2.56. The van der Waals surface area contributed by atoms with Crippen molar-refractivity contribution in [2.75, 3.05) is 6.61 Å². The highest BCUT2D eigenvalue weighted by Crippen LogP contribution is 2.06. The Labute approximate surface area is 63.1 Å². The Morgan fingerprint density at radius 2 is 2.09 bits per heavy atom. The van der Waals surface area contributed by atoms with Gasteiger partial charge >= 0.3 is 6.09 Å². The summed E-state index contributed by atoms with van der Waals surface area (Å²) in [5.74, 6) is 0. The zero-order valence-corrected chi connectivity index (χ0v) is 5.98. The van der Waals surface area contributed by atoms with Crippen molar-refractivity contribution < 1.29 is 25.2 Å². The average molecular weight is 165 g/mol. The number of carbonyl (C=O) groups is 1. The van der Waals surface area contributed by atoms with Crippen LogP contribution in [0.15, 0.2) is 0 Å². The van der Waals surface area contributed by atoms with E-state index in [4.69, 9.17) is 20.4 Å². The number of aliphatic hydroxyl groups is 3. The van der Waals surface area contributed by atoms with Crippen molar-refractivity contribution in [3.05, 3.63) is 0 Å². The molecule has 66 valence electrons. The lowest BCUT2D eigenvalue weighted by Gasteiger charge is -2.28. The summed E-state index contributed by atoms with van der Waals surface area (Å²) in [4.78, 5) is 10.0. The molecule has 1 atom stereocenters. The first-order valence-corrected chi connectivity index (χ1v) is 2.90. The van der Waals surface area contributed by atoms with Gasteiger partial charge < -0.3 is 25.7 Å². The summed E-state index contributed by atoms with van der Waals surface area (Å²) >= 11 is 0. The smallest absolute Gasteiger partial charge is 0.405 e. The predicted octanol–water partition coefficient (Wildman–Crippen LogP) is -1.68. The van der Waals surface area contributed by atoms with Crippen LogP contribution in [0.5, 0.6) is 0 Å². The van der Waals surface area contributed by atoms with Gasteiger partial charge in [-0.1, -0.05) is 0 Å². The van der Waals surface area contributed by atoms with Crippen LogP contribution < -0.4 is 5.32 Å². The highest BCUT2D eigenvalue weighted by Gasteiger charge is 2.32. The fourth-order valence-electron chi connectivity index (χ4n) is 0.430. The Morgan fingerprint density at radius 3 is 2.18 bits per heavy atom. The van der Waals surface area contributed by atoms with E-state index in [1.807, 2.05) is 0 Å². The van der Waals surface area contributed by atoms with E-state index in [9.17, 15) is 4.79 Å². The SMILES string of the molecule is CC(CO)(NC(=O)O)C(O)O. The van der Waals surface area contributed by atoms with Crippen LogP contribution in [-0.4, -0.2) is 45.0 Å². The molecule has 6 nitrogen and oxygen atoms in total. The molecular formula is C5H11NO5. The normalized spacial score (nSPS) is 16.1. The molecule has 0 saturated carbocycles. The third-order valence-electron chi connectivity index (χ3n) is 1.29. The lowest BCUT2D eigenvalue weighted by atomic mass is 10.0. The Hall–Kier alpha value is -0.850. The van der Waals surface area contributed by atoms with Gasteiger partial charge in [-0.25, -0.2) is 4.79 Å². The standard InChI is InChI=1S/C5H11NO5/c1-5(2-7,3(8)9)6-4(10)11/h3,6-9H,2H2,1H3,(H,10,11). The van der Waals surface area contributed by atoms with Crippen LogP contribution in [0, 0.1) is 0 Å². The molecule has 0 aliphatic heterocycles. The van der Waals surface area contributed by atoms with E-state index in [0.29, 0.717) is 0 Å². The molecule has 0 aromatic carbocycles. The second-order valence-corrected chi connectivity index (χ2v) is 2.38. The molecule has 0 saturated heterocycles. The van der Waals surface area contributed by atoms with Gasteiger partial charge in [0, 0.05) is 0 Å². The van der Waals surface area contributed by atoms with Gasteiger partial charge in [0.1, 0.15) is 5.54 Å². The summed E-state index contributed by atoms with van der Waals surface area (Å²) < 4.78 is 0. The molecule has 0 aromatic heterocycles. The molecule has 5 N–H and O–H groups in total. The van der Waals surface area contributed by atoms with Crippen molar-refractivity contribution in [1.82, 2.24) is 5.32 Å². The maximum atomic E-state index is 10.0. The second kappa shape index (κ2) is 3.51. The topological polar surface area (TPSA) is 110 Å². The van der Waals surface area contributed by atoms with E-state index in [-0.39, 0.29) is 0 Å². The molecule has 1 amide bonds. The second-order valence-electron chi connectivity index (χ2n) is 2.38. The molecule has 0 radical (unpaired) electrons. The monoisotopic (exact) mass is 165 g/mol. The minimum absolute atomic E-state index is 0.684. The maximum Gasteiger partial charge on any atom is 0.405 e. The zero-order chi connectivity index (χ0) is 9.07. The minimum Gasteiger partial charge on any atom is -0.465 e. The van der Waals surface area contributed by atoms with Crippen LogP contribution in [0.1, 0.15) is 6.92 Å². The lowest BCUT2D eigenvalue weighted by molar-refractivity contribution is -0.114. The van der Waals surface area contributed by atoms with Gasteiger partial charge in [-0.05, 0) is 6.92 Å². The van der Waals surface area contributed by atoms with Crippen molar-refractivity contribution in [3.63, 3.8) is 0 Å². The number of hydrogen-bond donors (Lipinski definition) is 5. The van der Waals surface area contributed by atoms with Gasteiger partial charge in [-0.2, -0.15) is 0 Å². The van der Waals surface area contributed by atoms with Crippen molar-refractivity contribution in [2.45, 2.75) is 18.8 Å². The van der Waals surface area contributed by atoms with Crippen LogP contribution in [-0.2, 0) is 0 Å². The number of aliphatic hydroxyl groups excluding tert-OH is 2.